The number of carboxylic acids is 1. The van der Waals surface area contributed by atoms with Gasteiger partial charge in [0.05, 0.1) is 0 Å². The Balaban J connectivity index is 2.10. The zero-order valence-corrected chi connectivity index (χ0v) is 12.3. The second-order valence-electron chi connectivity index (χ2n) is 5.80. The molecule has 2 rings (SSSR count). The van der Waals surface area contributed by atoms with E-state index in [9.17, 15) is 14.7 Å². The lowest BCUT2D eigenvalue weighted by atomic mass is 9.87. The van der Waals surface area contributed by atoms with Crippen LogP contribution in [0.5, 0.6) is 0 Å². The molecule has 2 atom stereocenters. The summed E-state index contributed by atoms with van der Waals surface area (Å²) in [5, 5.41) is 9.44. The van der Waals surface area contributed by atoms with Crippen molar-refractivity contribution in [2.45, 2.75) is 44.2 Å². The Bertz CT molecular complexity index is 518. The van der Waals surface area contributed by atoms with Crippen molar-refractivity contribution in [1.29, 1.82) is 0 Å². The molecule has 1 fully saturated rings. The van der Waals surface area contributed by atoms with Crippen molar-refractivity contribution in [2.75, 3.05) is 6.54 Å². The van der Waals surface area contributed by atoms with Crippen molar-refractivity contribution in [2.24, 2.45) is 5.73 Å². The van der Waals surface area contributed by atoms with E-state index in [1.165, 1.54) is 4.90 Å². The van der Waals surface area contributed by atoms with Crippen molar-refractivity contribution < 1.29 is 14.7 Å². The SMILES string of the molecule is CC1(C(=O)O)CCCCN1C(=O)CC(N)c1ccccc1. The van der Waals surface area contributed by atoms with Crippen molar-refractivity contribution in [3.05, 3.63) is 35.9 Å². The Morgan fingerprint density at radius 2 is 2.00 bits per heavy atom. The molecule has 5 nitrogen and oxygen atoms in total. The lowest BCUT2D eigenvalue weighted by Crippen LogP contribution is -2.57. The number of nitrogens with zero attached hydrogens (tertiary/aromatic N) is 1. The summed E-state index contributed by atoms with van der Waals surface area (Å²) in [7, 11) is 0. The maximum absolute atomic E-state index is 12.5. The Hall–Kier alpha value is -1.88. The summed E-state index contributed by atoms with van der Waals surface area (Å²) in [6.07, 6.45) is 2.30. The third kappa shape index (κ3) is 3.24. The molecule has 0 saturated carbocycles. The molecule has 0 aliphatic carbocycles. The first kappa shape index (κ1) is 15.5. The second-order valence-corrected chi connectivity index (χ2v) is 5.80. The van der Waals surface area contributed by atoms with Gasteiger partial charge >= 0.3 is 5.97 Å². The van der Waals surface area contributed by atoms with Crippen molar-refractivity contribution >= 4 is 11.9 Å². The van der Waals surface area contributed by atoms with Crippen molar-refractivity contribution in [3.63, 3.8) is 0 Å². The minimum atomic E-state index is -1.11. The van der Waals surface area contributed by atoms with Crippen LogP contribution in [0.3, 0.4) is 0 Å². The van der Waals surface area contributed by atoms with Gasteiger partial charge in [0.15, 0.2) is 0 Å². The molecule has 5 heteroatoms. The highest BCUT2D eigenvalue weighted by Crippen LogP contribution is 2.30. The van der Waals surface area contributed by atoms with Gasteiger partial charge in [-0.15, -0.1) is 0 Å². The van der Waals surface area contributed by atoms with Crippen LogP contribution in [0, 0.1) is 0 Å². The summed E-state index contributed by atoms with van der Waals surface area (Å²) in [6, 6.07) is 9.00. The van der Waals surface area contributed by atoms with Crippen molar-refractivity contribution in [1.82, 2.24) is 4.90 Å². The molecule has 21 heavy (non-hydrogen) atoms. The quantitative estimate of drug-likeness (QED) is 0.887. The summed E-state index contributed by atoms with van der Waals surface area (Å²) in [5.74, 6) is -1.13. The van der Waals surface area contributed by atoms with Crippen LogP contribution in [-0.2, 0) is 9.59 Å². The van der Waals surface area contributed by atoms with Crippen molar-refractivity contribution in [3.8, 4) is 0 Å². The highest BCUT2D eigenvalue weighted by Gasteiger charge is 2.43. The van der Waals surface area contributed by atoms with Gasteiger partial charge in [-0.05, 0) is 31.7 Å². The fourth-order valence-electron chi connectivity index (χ4n) is 2.86. The Morgan fingerprint density at radius 1 is 1.33 bits per heavy atom. The molecule has 0 radical (unpaired) electrons. The smallest absolute Gasteiger partial charge is 0.329 e. The average molecular weight is 290 g/mol. The van der Waals surface area contributed by atoms with Crippen LogP contribution in [0.25, 0.3) is 0 Å². The van der Waals surface area contributed by atoms with Crippen LogP contribution >= 0.6 is 0 Å². The number of nitrogens with two attached hydrogens (primary N) is 1. The minimum absolute atomic E-state index is 0.132. The van der Waals surface area contributed by atoms with Gasteiger partial charge in [-0.2, -0.15) is 0 Å². The normalized spacial score (nSPS) is 23.6. The number of amides is 1. The number of benzene rings is 1. The molecule has 114 valence electrons. The number of piperidine rings is 1. The summed E-state index contributed by atoms with van der Waals surface area (Å²) in [5.41, 5.74) is 5.86. The number of hydrogen-bond donors (Lipinski definition) is 2. The summed E-state index contributed by atoms with van der Waals surface area (Å²) in [4.78, 5) is 25.5. The Labute approximate surface area is 124 Å². The van der Waals surface area contributed by atoms with E-state index in [2.05, 4.69) is 0 Å². The molecule has 1 aromatic carbocycles. The first-order valence-electron chi connectivity index (χ1n) is 7.29. The first-order valence-corrected chi connectivity index (χ1v) is 7.29. The molecule has 1 aromatic rings. The van der Waals surface area contributed by atoms with Crippen LogP contribution < -0.4 is 5.73 Å². The number of likely N-dealkylation sites (tertiary alicyclic amines) is 1. The third-order valence-corrected chi connectivity index (χ3v) is 4.28. The molecule has 2 unspecified atom stereocenters. The van der Waals surface area contributed by atoms with E-state index in [0.29, 0.717) is 13.0 Å². The molecular weight excluding hydrogens is 268 g/mol. The number of aliphatic carboxylic acids is 1. The summed E-state index contributed by atoms with van der Waals surface area (Å²) < 4.78 is 0. The predicted molar refractivity (Wildman–Crippen MR) is 79.6 cm³/mol. The lowest BCUT2D eigenvalue weighted by Gasteiger charge is -2.42. The van der Waals surface area contributed by atoms with Gasteiger partial charge in [-0.3, -0.25) is 4.79 Å². The molecule has 0 bridgehead atoms. The number of hydrogen-bond acceptors (Lipinski definition) is 3. The fraction of sp³-hybridized carbons (Fsp3) is 0.500. The molecule has 0 aromatic heterocycles. The van der Waals surface area contributed by atoms with E-state index in [-0.39, 0.29) is 12.3 Å². The summed E-state index contributed by atoms with van der Waals surface area (Å²) in [6.45, 7) is 2.11. The predicted octanol–water partition coefficient (Wildman–Crippen LogP) is 1.93. The number of rotatable bonds is 4. The molecule has 1 saturated heterocycles. The van der Waals surface area contributed by atoms with Crippen LogP contribution in [0.15, 0.2) is 30.3 Å². The van der Waals surface area contributed by atoms with Crippen LogP contribution in [0.2, 0.25) is 0 Å². The highest BCUT2D eigenvalue weighted by atomic mass is 16.4. The first-order chi connectivity index (χ1) is 9.95. The van der Waals surface area contributed by atoms with Crippen LogP contribution in [0.1, 0.15) is 44.2 Å². The van der Waals surface area contributed by atoms with E-state index in [4.69, 9.17) is 5.73 Å². The van der Waals surface area contributed by atoms with E-state index in [1.54, 1.807) is 6.92 Å². The third-order valence-electron chi connectivity index (χ3n) is 4.28. The topological polar surface area (TPSA) is 83.6 Å². The van der Waals surface area contributed by atoms with Gasteiger partial charge < -0.3 is 15.7 Å². The standard InChI is InChI=1S/C16H22N2O3/c1-16(15(20)21)9-5-6-10-18(16)14(19)11-13(17)12-7-3-2-4-8-12/h2-4,7-8,13H,5-6,9-11,17H2,1H3,(H,20,21). The van der Waals surface area contributed by atoms with E-state index < -0.39 is 17.6 Å². The maximum atomic E-state index is 12.5. The largest absolute Gasteiger partial charge is 0.480 e. The van der Waals surface area contributed by atoms with Gasteiger partial charge in [0.25, 0.3) is 0 Å². The number of carbonyl (C=O) groups is 2. The Morgan fingerprint density at radius 3 is 2.62 bits per heavy atom. The van der Waals surface area contributed by atoms with Gasteiger partial charge in [0.2, 0.25) is 5.91 Å². The number of carbonyl (C=O) groups excluding carboxylic acids is 1. The Kier molecular flexibility index (Phi) is 4.63. The molecular formula is C16H22N2O3. The van der Waals surface area contributed by atoms with Gasteiger partial charge in [0, 0.05) is 19.0 Å². The second kappa shape index (κ2) is 6.26. The van der Waals surface area contributed by atoms with Gasteiger partial charge in [-0.25, -0.2) is 4.79 Å². The highest BCUT2D eigenvalue weighted by molar-refractivity contribution is 5.87. The molecule has 0 spiro atoms. The summed E-state index contributed by atoms with van der Waals surface area (Å²) >= 11 is 0. The monoisotopic (exact) mass is 290 g/mol. The van der Waals surface area contributed by atoms with Crippen LogP contribution in [-0.4, -0.2) is 34.0 Å². The molecule has 1 heterocycles. The number of carboxylic acid groups (broad SMARTS) is 1. The zero-order valence-electron chi connectivity index (χ0n) is 12.3. The van der Waals surface area contributed by atoms with E-state index in [1.807, 2.05) is 30.3 Å². The lowest BCUT2D eigenvalue weighted by molar-refractivity contribution is -0.161. The zero-order chi connectivity index (χ0) is 15.5. The fourth-order valence-corrected chi connectivity index (χ4v) is 2.86. The van der Waals surface area contributed by atoms with Crippen LogP contribution in [0.4, 0.5) is 0 Å². The van der Waals surface area contributed by atoms with E-state index in [0.717, 1.165) is 18.4 Å². The molecule has 1 aliphatic rings. The maximum Gasteiger partial charge on any atom is 0.329 e. The average Bonchev–Trinajstić information content (AvgIpc) is 2.48. The van der Waals surface area contributed by atoms with Gasteiger partial charge in [-0.1, -0.05) is 30.3 Å². The molecule has 3 N–H and O–H groups in total. The van der Waals surface area contributed by atoms with Gasteiger partial charge in [0.1, 0.15) is 5.54 Å². The van der Waals surface area contributed by atoms with E-state index >= 15 is 0 Å². The minimum Gasteiger partial charge on any atom is -0.480 e. The molecule has 1 aliphatic heterocycles. The molecule has 1 amide bonds.